The van der Waals surface area contributed by atoms with E-state index in [4.69, 9.17) is 0 Å². The van der Waals surface area contributed by atoms with E-state index in [1.807, 2.05) is 0 Å². The molecule has 0 aliphatic carbocycles. The number of amides is 1. The maximum atomic E-state index is 12.8. The maximum absolute atomic E-state index is 12.8. The number of rotatable bonds is 6. The zero-order valence-electron chi connectivity index (χ0n) is 13.8. The molecular weight excluding hydrogens is 280 g/mol. The van der Waals surface area contributed by atoms with Crippen LogP contribution < -0.4 is 5.32 Å². The van der Waals surface area contributed by atoms with Crippen molar-refractivity contribution in [3.8, 4) is 0 Å². The molecule has 2 heterocycles. The third-order valence-electron chi connectivity index (χ3n) is 4.33. The van der Waals surface area contributed by atoms with Crippen molar-refractivity contribution in [1.29, 1.82) is 0 Å². The fourth-order valence-corrected chi connectivity index (χ4v) is 3.54. The van der Waals surface area contributed by atoms with Crippen molar-refractivity contribution >= 4 is 17.2 Å². The normalized spacial score (nSPS) is 23.3. The molecule has 2 unspecified atom stereocenters. The number of thiophene rings is 1. The predicted molar refractivity (Wildman–Crippen MR) is 89.2 cm³/mol. The highest BCUT2D eigenvalue weighted by atomic mass is 32.1. The van der Waals surface area contributed by atoms with Gasteiger partial charge in [0, 0.05) is 11.4 Å². The fourth-order valence-electron chi connectivity index (χ4n) is 2.74. The molecule has 1 aromatic rings. The van der Waals surface area contributed by atoms with Crippen molar-refractivity contribution in [2.45, 2.75) is 59.7 Å². The van der Waals surface area contributed by atoms with E-state index in [1.54, 1.807) is 11.3 Å². The highest BCUT2D eigenvalue weighted by molar-refractivity contribution is 7.10. The minimum atomic E-state index is -0.0373. The van der Waals surface area contributed by atoms with E-state index >= 15 is 0 Å². The number of hydrogen-bond donors (Lipinski definition) is 1. The summed E-state index contributed by atoms with van der Waals surface area (Å²) in [7, 11) is 0. The lowest BCUT2D eigenvalue weighted by molar-refractivity contribution is -0.131. The summed E-state index contributed by atoms with van der Waals surface area (Å²) < 4.78 is 0. The third-order valence-corrected chi connectivity index (χ3v) is 5.25. The Morgan fingerprint density at radius 3 is 2.67 bits per heavy atom. The molecule has 2 rings (SSSR count). The first-order valence-electron chi connectivity index (χ1n) is 7.94. The van der Waals surface area contributed by atoms with Crippen LogP contribution in [0, 0.1) is 11.3 Å². The Hall–Kier alpha value is -0.870. The zero-order valence-corrected chi connectivity index (χ0v) is 14.7. The van der Waals surface area contributed by atoms with Gasteiger partial charge in [-0.1, -0.05) is 40.7 Å². The monoisotopic (exact) mass is 308 g/mol. The van der Waals surface area contributed by atoms with Crippen molar-refractivity contribution in [2.75, 3.05) is 6.54 Å². The summed E-state index contributed by atoms with van der Waals surface area (Å²) in [5.74, 6) is 0.790. The summed E-state index contributed by atoms with van der Waals surface area (Å²) in [6.07, 6.45) is 2.03. The summed E-state index contributed by atoms with van der Waals surface area (Å²) in [5, 5.41) is 5.64. The van der Waals surface area contributed by atoms with Gasteiger partial charge in [0.05, 0.1) is 6.04 Å². The Morgan fingerprint density at radius 1 is 1.43 bits per heavy atom. The molecule has 1 aliphatic heterocycles. The second-order valence-electron chi connectivity index (χ2n) is 7.25. The molecule has 1 amide bonds. The van der Waals surface area contributed by atoms with Gasteiger partial charge in [-0.3, -0.25) is 10.1 Å². The molecule has 0 radical (unpaired) electrons. The number of nitrogens with one attached hydrogen (secondary N) is 1. The molecule has 0 saturated carbocycles. The molecular formula is C17H28N2OS. The highest BCUT2D eigenvalue weighted by Gasteiger charge is 2.41. The summed E-state index contributed by atoms with van der Waals surface area (Å²) in [5.41, 5.74) is 0.152. The smallest absolute Gasteiger partial charge is 0.241 e. The van der Waals surface area contributed by atoms with Crippen molar-refractivity contribution in [2.24, 2.45) is 11.3 Å². The molecule has 1 fully saturated rings. The molecule has 1 N–H and O–H groups in total. The van der Waals surface area contributed by atoms with Gasteiger partial charge in [-0.15, -0.1) is 11.3 Å². The summed E-state index contributed by atoms with van der Waals surface area (Å²) in [6.45, 7) is 11.8. The van der Waals surface area contributed by atoms with Crippen molar-refractivity contribution in [3.63, 3.8) is 0 Å². The Labute approximate surface area is 132 Å². The average molecular weight is 308 g/mol. The molecule has 0 spiro atoms. The van der Waals surface area contributed by atoms with E-state index in [0.29, 0.717) is 5.92 Å². The van der Waals surface area contributed by atoms with Crippen molar-refractivity contribution in [1.82, 2.24) is 10.2 Å². The SMILES string of the molecule is CCC(C)(C)CN1C(=O)C(CC(C)C)NC1c1cccs1. The number of hydrogen-bond acceptors (Lipinski definition) is 3. The van der Waals surface area contributed by atoms with Gasteiger partial charge in [0.15, 0.2) is 0 Å². The molecule has 2 atom stereocenters. The Bertz CT molecular complexity index is 467. The summed E-state index contributed by atoms with van der Waals surface area (Å²) in [6, 6.07) is 4.15. The first-order valence-corrected chi connectivity index (χ1v) is 8.82. The Balaban J connectivity index is 2.22. The van der Waals surface area contributed by atoms with Crippen LogP contribution in [0.4, 0.5) is 0 Å². The first kappa shape index (κ1) is 16.5. The van der Waals surface area contributed by atoms with Crippen LogP contribution >= 0.6 is 11.3 Å². The number of carbonyl (C=O) groups is 1. The van der Waals surface area contributed by atoms with Crippen LogP contribution in [-0.2, 0) is 4.79 Å². The number of nitrogens with zero attached hydrogens (tertiary/aromatic N) is 1. The van der Waals surface area contributed by atoms with Crippen molar-refractivity contribution < 1.29 is 4.79 Å². The fraction of sp³-hybridized carbons (Fsp3) is 0.706. The minimum Gasteiger partial charge on any atom is -0.320 e. The predicted octanol–water partition coefficient (Wildman–Crippen LogP) is 4.03. The molecule has 1 aliphatic rings. The molecule has 1 aromatic heterocycles. The van der Waals surface area contributed by atoms with Crippen LogP contribution in [0.25, 0.3) is 0 Å². The van der Waals surface area contributed by atoms with Crippen LogP contribution in [0.5, 0.6) is 0 Å². The van der Waals surface area contributed by atoms with Gasteiger partial charge in [0.2, 0.25) is 5.91 Å². The maximum Gasteiger partial charge on any atom is 0.241 e. The van der Waals surface area contributed by atoms with E-state index in [2.05, 4.69) is 62.3 Å². The molecule has 4 heteroatoms. The van der Waals surface area contributed by atoms with Crippen LogP contribution in [-0.4, -0.2) is 23.4 Å². The van der Waals surface area contributed by atoms with Gasteiger partial charge < -0.3 is 4.90 Å². The molecule has 0 bridgehead atoms. The average Bonchev–Trinajstić information content (AvgIpc) is 3.01. The highest BCUT2D eigenvalue weighted by Crippen LogP contribution is 2.34. The first-order chi connectivity index (χ1) is 9.84. The molecule has 3 nitrogen and oxygen atoms in total. The van der Waals surface area contributed by atoms with Gasteiger partial charge in [-0.2, -0.15) is 0 Å². The van der Waals surface area contributed by atoms with Crippen LogP contribution in [0.3, 0.4) is 0 Å². The van der Waals surface area contributed by atoms with Gasteiger partial charge in [0.25, 0.3) is 0 Å². The van der Waals surface area contributed by atoms with Crippen LogP contribution in [0.2, 0.25) is 0 Å². The van der Waals surface area contributed by atoms with E-state index in [1.165, 1.54) is 4.88 Å². The van der Waals surface area contributed by atoms with E-state index < -0.39 is 0 Å². The van der Waals surface area contributed by atoms with E-state index in [-0.39, 0.29) is 23.5 Å². The summed E-state index contributed by atoms with van der Waals surface area (Å²) >= 11 is 1.72. The minimum absolute atomic E-state index is 0.0373. The lowest BCUT2D eigenvalue weighted by Gasteiger charge is -2.32. The van der Waals surface area contributed by atoms with Crippen molar-refractivity contribution in [3.05, 3.63) is 22.4 Å². The quantitative estimate of drug-likeness (QED) is 0.860. The second-order valence-corrected chi connectivity index (χ2v) is 8.23. The van der Waals surface area contributed by atoms with E-state index in [9.17, 15) is 4.79 Å². The van der Waals surface area contributed by atoms with Gasteiger partial charge in [0.1, 0.15) is 6.17 Å². The van der Waals surface area contributed by atoms with E-state index in [0.717, 1.165) is 19.4 Å². The lowest BCUT2D eigenvalue weighted by Crippen LogP contribution is -2.38. The third kappa shape index (κ3) is 3.86. The Morgan fingerprint density at radius 2 is 2.14 bits per heavy atom. The second kappa shape index (κ2) is 6.49. The summed E-state index contributed by atoms with van der Waals surface area (Å²) in [4.78, 5) is 16.1. The standard InChI is InChI=1S/C17H28N2OS/c1-6-17(4,5)11-19-15(14-8-7-9-21-14)18-13(16(19)20)10-12(2)3/h7-9,12-13,15,18H,6,10-11H2,1-5H3. The van der Waals surface area contributed by atoms with Gasteiger partial charge >= 0.3 is 0 Å². The molecule has 21 heavy (non-hydrogen) atoms. The molecule has 118 valence electrons. The van der Waals surface area contributed by atoms with Gasteiger partial charge in [-0.05, 0) is 35.6 Å². The van der Waals surface area contributed by atoms with Gasteiger partial charge in [-0.25, -0.2) is 0 Å². The lowest BCUT2D eigenvalue weighted by atomic mass is 9.89. The molecule has 1 saturated heterocycles. The van der Waals surface area contributed by atoms with Crippen LogP contribution in [0.1, 0.15) is 58.5 Å². The zero-order chi connectivity index (χ0) is 15.6. The topological polar surface area (TPSA) is 32.3 Å². The molecule has 0 aromatic carbocycles. The Kier molecular flexibility index (Phi) is 5.10. The number of carbonyl (C=O) groups excluding carboxylic acids is 1. The largest absolute Gasteiger partial charge is 0.320 e. The van der Waals surface area contributed by atoms with Crippen LogP contribution in [0.15, 0.2) is 17.5 Å².